The number of nitrogens with one attached hydrogen (secondary N) is 1. The fourth-order valence-corrected chi connectivity index (χ4v) is 0.849. The number of hydrogen-bond donors (Lipinski definition) is 4. The van der Waals surface area contributed by atoms with Gasteiger partial charge in [-0.1, -0.05) is 6.92 Å². The lowest BCUT2D eigenvalue weighted by Gasteiger charge is -2.15. The lowest BCUT2D eigenvalue weighted by molar-refractivity contribution is -0.901. The van der Waals surface area contributed by atoms with E-state index < -0.39 is 0 Å². The van der Waals surface area contributed by atoms with Crippen LogP contribution in [0.1, 0.15) is 6.92 Å². The fourth-order valence-electron chi connectivity index (χ4n) is 0.849. The minimum atomic E-state index is 0. The van der Waals surface area contributed by atoms with Crippen LogP contribution in [0.5, 0.6) is 0 Å². The first-order valence-electron chi connectivity index (χ1n) is 4.51. The zero-order valence-corrected chi connectivity index (χ0v) is 8.20. The summed E-state index contributed by atoms with van der Waals surface area (Å²) in [5.41, 5.74) is 0. The Labute approximate surface area is 79.2 Å². The molecule has 0 amide bonds. The summed E-state index contributed by atoms with van der Waals surface area (Å²) in [5, 5.41) is 34.4. The highest BCUT2D eigenvalue weighted by Gasteiger charge is 2.03. The normalized spacial score (nSPS) is 9.69. The molecule has 0 radical (unpaired) electrons. The Morgan fingerprint density at radius 2 is 1.15 bits per heavy atom. The van der Waals surface area contributed by atoms with Crippen molar-refractivity contribution in [3.05, 3.63) is 0 Å². The Morgan fingerprint density at radius 3 is 1.31 bits per heavy atom. The highest BCUT2D eigenvalue weighted by Crippen LogP contribution is 1.52. The minimum Gasteiger partial charge on any atom is -0.855 e. The number of aliphatic hydroxyl groups excluding tert-OH is 3. The number of aliphatic hydroxyl groups is 3. The largest absolute Gasteiger partial charge is 0.855 e. The molecule has 5 nitrogen and oxygen atoms in total. The Balaban J connectivity index is 0. The van der Waals surface area contributed by atoms with Crippen LogP contribution in [0.15, 0.2) is 0 Å². The molecule has 0 saturated carbocycles. The van der Waals surface area contributed by atoms with Crippen molar-refractivity contribution in [3.63, 3.8) is 0 Å². The van der Waals surface area contributed by atoms with Gasteiger partial charge in [0.2, 0.25) is 0 Å². The van der Waals surface area contributed by atoms with E-state index in [-0.39, 0.29) is 26.4 Å². The first-order valence-corrected chi connectivity index (χ1v) is 4.51. The maximum Gasteiger partial charge on any atom is 0.101 e. The van der Waals surface area contributed by atoms with Gasteiger partial charge in [-0.3, -0.25) is 0 Å². The molecule has 82 valence electrons. The standard InChI is InChI=1S/C6H15NO3.C2H5O/c8-4-1-7(2-5-9)3-6-10;1-2-3/h8-10H,1-6H2;2H2,1H3/q;-1/p+1. The molecule has 5 heteroatoms. The Kier molecular flexibility index (Phi) is 16.8. The molecule has 4 N–H and O–H groups in total. The number of rotatable bonds is 6. The van der Waals surface area contributed by atoms with Gasteiger partial charge in [-0.15, -0.1) is 6.61 Å². The summed E-state index contributed by atoms with van der Waals surface area (Å²) in [6, 6.07) is 0. The van der Waals surface area contributed by atoms with Crippen molar-refractivity contribution in [2.75, 3.05) is 46.1 Å². The summed E-state index contributed by atoms with van der Waals surface area (Å²) >= 11 is 0. The first kappa shape index (κ1) is 15.3. The smallest absolute Gasteiger partial charge is 0.101 e. The third kappa shape index (κ3) is 14.6. The van der Waals surface area contributed by atoms with E-state index in [2.05, 4.69) is 0 Å². The second-order valence-electron chi connectivity index (χ2n) is 2.46. The maximum absolute atomic E-state index is 8.93. The first-order chi connectivity index (χ1) is 6.26. The lowest BCUT2D eigenvalue weighted by Crippen LogP contribution is -3.13. The van der Waals surface area contributed by atoms with Gasteiger partial charge in [-0.25, -0.2) is 0 Å². The van der Waals surface area contributed by atoms with E-state index in [1.165, 1.54) is 0 Å². The van der Waals surface area contributed by atoms with Crippen LogP contribution in [-0.4, -0.2) is 61.4 Å². The van der Waals surface area contributed by atoms with Crippen molar-refractivity contribution in [2.24, 2.45) is 0 Å². The quantitative estimate of drug-likeness (QED) is 0.350. The Hall–Kier alpha value is -0.200. The zero-order valence-electron chi connectivity index (χ0n) is 8.20. The predicted octanol–water partition coefficient (Wildman–Crippen LogP) is -3.79. The van der Waals surface area contributed by atoms with Gasteiger partial charge < -0.3 is 25.3 Å². The van der Waals surface area contributed by atoms with Crippen molar-refractivity contribution in [1.29, 1.82) is 0 Å². The van der Waals surface area contributed by atoms with Crippen LogP contribution in [0, 0.1) is 0 Å². The fraction of sp³-hybridized carbons (Fsp3) is 1.00. The van der Waals surface area contributed by atoms with Gasteiger partial charge >= 0.3 is 0 Å². The van der Waals surface area contributed by atoms with Crippen LogP contribution in [-0.2, 0) is 0 Å². The molecule has 0 saturated heterocycles. The Bertz CT molecular complexity index is 68.3. The molecule has 0 fully saturated rings. The lowest BCUT2D eigenvalue weighted by atomic mass is 10.4. The van der Waals surface area contributed by atoms with Crippen LogP contribution in [0.4, 0.5) is 0 Å². The van der Waals surface area contributed by atoms with Gasteiger partial charge in [0.15, 0.2) is 0 Å². The van der Waals surface area contributed by atoms with Crippen molar-refractivity contribution in [2.45, 2.75) is 6.92 Å². The van der Waals surface area contributed by atoms with Gasteiger partial charge in [-0.2, -0.15) is 0 Å². The van der Waals surface area contributed by atoms with E-state index in [1.807, 2.05) is 0 Å². The molecule has 0 spiro atoms. The molecule has 0 heterocycles. The molecular weight excluding hydrogens is 174 g/mol. The molecule has 0 rings (SSSR count). The van der Waals surface area contributed by atoms with E-state index in [9.17, 15) is 0 Å². The van der Waals surface area contributed by atoms with Crippen LogP contribution in [0.25, 0.3) is 0 Å². The van der Waals surface area contributed by atoms with Crippen molar-refractivity contribution >= 4 is 0 Å². The molecule has 0 bridgehead atoms. The summed E-state index contributed by atoms with van der Waals surface area (Å²) in [6.45, 7) is 3.68. The van der Waals surface area contributed by atoms with E-state index >= 15 is 0 Å². The molecule has 0 aliphatic rings. The third-order valence-electron chi connectivity index (χ3n) is 1.40. The molecule has 0 atom stereocenters. The van der Waals surface area contributed by atoms with E-state index in [0.717, 1.165) is 4.90 Å². The minimum absolute atomic E-state index is 0. The predicted molar refractivity (Wildman–Crippen MR) is 47.4 cm³/mol. The highest BCUT2D eigenvalue weighted by atomic mass is 16.3. The van der Waals surface area contributed by atoms with Crippen molar-refractivity contribution in [1.82, 2.24) is 0 Å². The molecule has 0 aromatic carbocycles. The maximum atomic E-state index is 8.93. The summed E-state index contributed by atoms with van der Waals surface area (Å²) in [6.07, 6.45) is 0. The second kappa shape index (κ2) is 14.3. The molecule has 0 aromatic heterocycles. The van der Waals surface area contributed by atoms with Gasteiger partial charge in [-0.05, 0) is 0 Å². The van der Waals surface area contributed by atoms with Crippen LogP contribution in [0.2, 0.25) is 0 Å². The SMILES string of the molecule is CC[O-].OCC[NH+](CCO)CCO. The molecular formula is C8H21NO4. The van der Waals surface area contributed by atoms with Gasteiger partial charge in [0, 0.05) is 0 Å². The molecule has 13 heavy (non-hydrogen) atoms. The summed E-state index contributed by atoms with van der Waals surface area (Å²) in [4.78, 5) is 1.03. The monoisotopic (exact) mass is 195 g/mol. The van der Waals surface area contributed by atoms with E-state index in [4.69, 9.17) is 20.4 Å². The molecule has 0 aromatic rings. The van der Waals surface area contributed by atoms with Crippen LogP contribution in [0.3, 0.4) is 0 Å². The van der Waals surface area contributed by atoms with Crippen molar-refractivity contribution < 1.29 is 25.3 Å². The van der Waals surface area contributed by atoms with Crippen molar-refractivity contribution in [3.8, 4) is 0 Å². The van der Waals surface area contributed by atoms with Gasteiger partial charge in [0.1, 0.15) is 19.6 Å². The zero-order chi connectivity index (χ0) is 10.5. The summed E-state index contributed by atoms with van der Waals surface area (Å²) < 4.78 is 0. The number of hydrogen-bond acceptors (Lipinski definition) is 4. The van der Waals surface area contributed by atoms with Crippen LogP contribution < -0.4 is 10.0 Å². The molecule has 0 aliphatic heterocycles. The Morgan fingerprint density at radius 1 is 0.923 bits per heavy atom. The molecule has 0 unspecified atom stereocenters. The average Bonchev–Trinajstić information content (AvgIpc) is 2.07. The van der Waals surface area contributed by atoms with Gasteiger partial charge in [0.05, 0.1) is 19.8 Å². The number of quaternary nitrogens is 1. The highest BCUT2D eigenvalue weighted by molar-refractivity contribution is 4.28. The third-order valence-corrected chi connectivity index (χ3v) is 1.40. The van der Waals surface area contributed by atoms with E-state index in [1.54, 1.807) is 6.92 Å². The summed E-state index contributed by atoms with van der Waals surface area (Å²) in [5.74, 6) is 0. The molecule has 0 aliphatic carbocycles. The van der Waals surface area contributed by atoms with E-state index in [0.29, 0.717) is 19.6 Å². The summed E-state index contributed by atoms with van der Waals surface area (Å²) in [7, 11) is 0. The average molecular weight is 195 g/mol. The second-order valence-corrected chi connectivity index (χ2v) is 2.46. The van der Waals surface area contributed by atoms with Gasteiger partial charge in [0.25, 0.3) is 0 Å². The topological polar surface area (TPSA) is 88.2 Å². The van der Waals surface area contributed by atoms with Crippen LogP contribution >= 0.6 is 0 Å².